The molecule has 0 saturated carbocycles. The zero-order valence-corrected chi connectivity index (χ0v) is 9.08. The maximum Gasteiger partial charge on any atom is 0.236 e. The molecule has 4 nitrogen and oxygen atoms in total. The molecule has 0 aliphatic rings. The smallest absolute Gasteiger partial charge is 0.236 e. The van der Waals surface area contributed by atoms with Crippen LogP contribution in [0.2, 0.25) is 0 Å². The van der Waals surface area contributed by atoms with Gasteiger partial charge in [0.2, 0.25) is 5.91 Å². The lowest BCUT2D eigenvalue weighted by atomic mass is 10.3. The molecule has 0 aromatic heterocycles. The highest BCUT2D eigenvalue weighted by Crippen LogP contribution is 1.95. The van der Waals surface area contributed by atoms with Crippen LogP contribution in [0.5, 0.6) is 0 Å². The normalized spacial score (nSPS) is 11.0. The van der Waals surface area contributed by atoms with E-state index in [1.165, 1.54) is 0 Å². The summed E-state index contributed by atoms with van der Waals surface area (Å²) < 4.78 is 0. The van der Waals surface area contributed by atoms with Crippen LogP contribution in [0, 0.1) is 0 Å². The van der Waals surface area contributed by atoms with E-state index in [-0.39, 0.29) is 11.9 Å². The molecule has 0 aromatic carbocycles. The van der Waals surface area contributed by atoms with Crippen molar-refractivity contribution in [3.05, 3.63) is 0 Å². The van der Waals surface area contributed by atoms with Crippen LogP contribution in [0.25, 0.3) is 0 Å². The minimum atomic E-state index is 0.144. The van der Waals surface area contributed by atoms with E-state index >= 15 is 0 Å². The molecule has 0 aliphatic carbocycles. The van der Waals surface area contributed by atoms with Gasteiger partial charge in [-0.15, -0.1) is 0 Å². The molecule has 0 spiro atoms. The summed E-state index contributed by atoms with van der Waals surface area (Å²) in [6.45, 7) is 5.81. The summed E-state index contributed by atoms with van der Waals surface area (Å²) in [4.78, 5) is 15.2. The Morgan fingerprint density at radius 1 is 1.38 bits per heavy atom. The van der Waals surface area contributed by atoms with Crippen LogP contribution >= 0.6 is 0 Å². The molecule has 4 heteroatoms. The minimum absolute atomic E-state index is 0.144. The molecule has 0 radical (unpaired) electrons. The number of amides is 1. The van der Waals surface area contributed by atoms with Gasteiger partial charge in [-0.3, -0.25) is 9.69 Å². The van der Waals surface area contributed by atoms with Crippen molar-refractivity contribution in [3.8, 4) is 0 Å². The second-order valence-corrected chi connectivity index (χ2v) is 3.62. The molecule has 0 unspecified atom stereocenters. The van der Waals surface area contributed by atoms with Gasteiger partial charge in [-0.1, -0.05) is 0 Å². The Labute approximate surface area is 80.7 Å². The number of likely N-dealkylation sites (N-methyl/N-ethyl adjacent to an activating group) is 2. The number of carbonyl (C=O) groups is 1. The second-order valence-electron chi connectivity index (χ2n) is 3.62. The van der Waals surface area contributed by atoms with Crippen molar-refractivity contribution in [1.82, 2.24) is 9.80 Å². The summed E-state index contributed by atoms with van der Waals surface area (Å²) in [7, 11) is 3.72. The van der Waals surface area contributed by atoms with Gasteiger partial charge in [0.25, 0.3) is 0 Å². The fourth-order valence-corrected chi connectivity index (χ4v) is 0.930. The molecule has 1 amide bonds. The van der Waals surface area contributed by atoms with Crippen molar-refractivity contribution in [2.24, 2.45) is 5.73 Å². The van der Waals surface area contributed by atoms with Crippen molar-refractivity contribution in [2.75, 3.05) is 33.7 Å². The summed E-state index contributed by atoms with van der Waals surface area (Å²) in [5.41, 5.74) is 5.37. The van der Waals surface area contributed by atoms with Crippen LogP contribution in [-0.4, -0.2) is 55.5 Å². The average Bonchev–Trinajstić information content (AvgIpc) is 2.03. The number of nitrogens with zero attached hydrogens (tertiary/aromatic N) is 2. The standard InChI is InChI=1S/C9H21N3O/c1-8(2)12(4)9(13)7-11(3)6-5-10/h8H,5-7,10H2,1-4H3. The first-order chi connectivity index (χ1) is 5.99. The third kappa shape index (κ3) is 4.85. The van der Waals surface area contributed by atoms with Crippen LogP contribution in [0.3, 0.4) is 0 Å². The largest absolute Gasteiger partial charge is 0.342 e. The summed E-state index contributed by atoms with van der Waals surface area (Å²) in [5.74, 6) is 0.144. The first-order valence-corrected chi connectivity index (χ1v) is 4.63. The van der Waals surface area contributed by atoms with Crippen molar-refractivity contribution in [3.63, 3.8) is 0 Å². The zero-order chi connectivity index (χ0) is 10.4. The van der Waals surface area contributed by atoms with Gasteiger partial charge in [0.05, 0.1) is 6.54 Å². The molecular formula is C9H21N3O. The first kappa shape index (κ1) is 12.4. The fraction of sp³-hybridized carbons (Fsp3) is 0.889. The summed E-state index contributed by atoms with van der Waals surface area (Å²) in [6.07, 6.45) is 0. The molecule has 0 bridgehead atoms. The average molecular weight is 187 g/mol. The zero-order valence-electron chi connectivity index (χ0n) is 9.08. The van der Waals surface area contributed by atoms with Crippen LogP contribution in [-0.2, 0) is 4.79 Å². The molecule has 0 aliphatic heterocycles. The highest BCUT2D eigenvalue weighted by atomic mass is 16.2. The molecule has 78 valence electrons. The van der Waals surface area contributed by atoms with E-state index in [4.69, 9.17) is 5.73 Å². The lowest BCUT2D eigenvalue weighted by molar-refractivity contribution is -0.132. The fourth-order valence-electron chi connectivity index (χ4n) is 0.930. The molecule has 0 saturated heterocycles. The van der Waals surface area contributed by atoms with Gasteiger partial charge in [0.1, 0.15) is 0 Å². The SMILES string of the molecule is CC(C)N(C)C(=O)CN(C)CCN. The molecule has 0 heterocycles. The van der Waals surface area contributed by atoms with Crippen LogP contribution < -0.4 is 5.73 Å². The van der Waals surface area contributed by atoms with Crippen LogP contribution in [0.1, 0.15) is 13.8 Å². The Bertz CT molecular complexity index is 159. The molecule has 0 fully saturated rings. The molecule has 13 heavy (non-hydrogen) atoms. The first-order valence-electron chi connectivity index (χ1n) is 4.63. The molecule has 2 N–H and O–H groups in total. The topological polar surface area (TPSA) is 49.6 Å². The van der Waals surface area contributed by atoms with Crippen molar-refractivity contribution in [2.45, 2.75) is 19.9 Å². The quantitative estimate of drug-likeness (QED) is 0.645. The van der Waals surface area contributed by atoms with E-state index in [9.17, 15) is 4.79 Å². The number of hydrogen-bond acceptors (Lipinski definition) is 3. The predicted molar refractivity (Wildman–Crippen MR) is 54.5 cm³/mol. The van der Waals surface area contributed by atoms with Gasteiger partial charge >= 0.3 is 0 Å². The maximum absolute atomic E-state index is 11.5. The van der Waals surface area contributed by atoms with Gasteiger partial charge in [0.15, 0.2) is 0 Å². The molecule has 0 rings (SSSR count). The third-order valence-corrected chi connectivity index (χ3v) is 2.08. The second kappa shape index (κ2) is 5.94. The van der Waals surface area contributed by atoms with Gasteiger partial charge in [-0.05, 0) is 20.9 Å². The monoisotopic (exact) mass is 187 g/mol. The number of carbonyl (C=O) groups excluding carboxylic acids is 1. The van der Waals surface area contributed by atoms with Gasteiger partial charge in [0, 0.05) is 26.2 Å². The van der Waals surface area contributed by atoms with E-state index in [0.717, 1.165) is 6.54 Å². The Hall–Kier alpha value is -0.610. The molecular weight excluding hydrogens is 166 g/mol. The van der Waals surface area contributed by atoms with Crippen molar-refractivity contribution >= 4 is 5.91 Å². The number of hydrogen-bond donors (Lipinski definition) is 1. The van der Waals surface area contributed by atoms with Crippen LogP contribution in [0.15, 0.2) is 0 Å². The predicted octanol–water partition coefficient (Wildman–Crippen LogP) is -0.256. The maximum atomic E-state index is 11.5. The summed E-state index contributed by atoms with van der Waals surface area (Å²) in [6, 6.07) is 0.263. The minimum Gasteiger partial charge on any atom is -0.342 e. The Morgan fingerprint density at radius 2 is 1.92 bits per heavy atom. The lowest BCUT2D eigenvalue weighted by Crippen LogP contribution is -2.41. The Kier molecular flexibility index (Phi) is 5.66. The van der Waals surface area contributed by atoms with E-state index in [1.54, 1.807) is 4.90 Å². The van der Waals surface area contributed by atoms with E-state index in [1.807, 2.05) is 32.8 Å². The summed E-state index contributed by atoms with van der Waals surface area (Å²) in [5, 5.41) is 0. The molecule has 0 aromatic rings. The van der Waals surface area contributed by atoms with Gasteiger partial charge < -0.3 is 10.6 Å². The summed E-state index contributed by atoms with van der Waals surface area (Å²) >= 11 is 0. The number of nitrogens with two attached hydrogens (primary N) is 1. The van der Waals surface area contributed by atoms with Gasteiger partial charge in [-0.2, -0.15) is 0 Å². The highest BCUT2D eigenvalue weighted by molar-refractivity contribution is 5.78. The molecule has 0 atom stereocenters. The van der Waals surface area contributed by atoms with Crippen molar-refractivity contribution in [1.29, 1.82) is 0 Å². The van der Waals surface area contributed by atoms with Crippen molar-refractivity contribution < 1.29 is 4.79 Å². The van der Waals surface area contributed by atoms with E-state index in [0.29, 0.717) is 13.1 Å². The van der Waals surface area contributed by atoms with Gasteiger partial charge in [-0.25, -0.2) is 0 Å². The van der Waals surface area contributed by atoms with E-state index in [2.05, 4.69) is 0 Å². The van der Waals surface area contributed by atoms with Crippen LogP contribution in [0.4, 0.5) is 0 Å². The van der Waals surface area contributed by atoms with E-state index < -0.39 is 0 Å². The Balaban J connectivity index is 3.85. The number of rotatable bonds is 5. The third-order valence-electron chi connectivity index (χ3n) is 2.08. The Morgan fingerprint density at radius 3 is 2.31 bits per heavy atom. The lowest BCUT2D eigenvalue weighted by Gasteiger charge is -2.24. The highest BCUT2D eigenvalue weighted by Gasteiger charge is 2.13.